The minimum atomic E-state index is -0.391. The highest BCUT2D eigenvalue weighted by molar-refractivity contribution is 7.99. The Morgan fingerprint density at radius 1 is 1.35 bits per heavy atom. The Balaban J connectivity index is 2.05. The third-order valence-corrected chi connectivity index (χ3v) is 5.85. The summed E-state index contributed by atoms with van der Waals surface area (Å²) < 4.78 is 7.69. The maximum atomic E-state index is 11.2. The Bertz CT molecular complexity index is 1070. The molecular weight excluding hydrogens is 434 g/mol. The van der Waals surface area contributed by atoms with Crippen LogP contribution in [-0.4, -0.2) is 31.7 Å². The molecule has 0 saturated heterocycles. The van der Waals surface area contributed by atoms with E-state index >= 15 is 0 Å². The molecule has 0 atom stereocenters. The summed E-state index contributed by atoms with van der Waals surface area (Å²) in [7, 11) is 1.70. The Hall–Kier alpha value is -2.98. The van der Waals surface area contributed by atoms with Gasteiger partial charge < -0.3 is 14.6 Å². The molecule has 2 aromatic heterocycles. The lowest BCUT2D eigenvalue weighted by molar-refractivity contribution is -0.385. The number of hydrogen-bond acceptors (Lipinski definition) is 7. The summed E-state index contributed by atoms with van der Waals surface area (Å²) in [6.45, 7) is 4.87. The van der Waals surface area contributed by atoms with Crippen molar-refractivity contribution in [2.75, 3.05) is 7.05 Å². The normalized spacial score (nSPS) is 10.8. The van der Waals surface area contributed by atoms with E-state index < -0.39 is 4.92 Å². The monoisotopic (exact) mass is 457 g/mol. The number of nitrogens with one attached hydrogen (secondary N) is 1. The highest BCUT2D eigenvalue weighted by Crippen LogP contribution is 2.36. The van der Waals surface area contributed by atoms with Gasteiger partial charge in [0.2, 0.25) is 0 Å². The lowest BCUT2D eigenvalue weighted by Gasteiger charge is -2.14. The molecule has 3 aromatic rings. The van der Waals surface area contributed by atoms with E-state index in [2.05, 4.69) is 28.7 Å². The number of nitrogens with zero attached hydrogens (tertiary/aromatic N) is 4. The van der Waals surface area contributed by atoms with Crippen LogP contribution < -0.4 is 5.32 Å². The first kappa shape index (κ1) is 22.7. The molecule has 0 aliphatic heterocycles. The largest absolute Gasteiger partial charge is 0.463 e. The summed E-state index contributed by atoms with van der Waals surface area (Å²) >= 11 is 6.57. The molecule has 3 rings (SSSR count). The van der Waals surface area contributed by atoms with Gasteiger partial charge in [-0.3, -0.25) is 15.1 Å². The van der Waals surface area contributed by atoms with E-state index in [0.717, 1.165) is 27.0 Å². The maximum Gasteiger partial charge on any atom is 0.270 e. The number of ether oxygens (including phenoxy) is 1. The van der Waals surface area contributed by atoms with Gasteiger partial charge in [0.05, 0.1) is 17.2 Å². The topological polar surface area (TPSA) is 95.1 Å². The number of aromatic nitrogens is 3. The predicted molar refractivity (Wildman–Crippen MR) is 123 cm³/mol. The molecule has 2 heterocycles. The van der Waals surface area contributed by atoms with Crippen LogP contribution in [0.15, 0.2) is 58.7 Å². The van der Waals surface area contributed by atoms with Crippen LogP contribution in [0.2, 0.25) is 0 Å². The van der Waals surface area contributed by atoms with Crippen molar-refractivity contribution in [1.82, 2.24) is 19.9 Å². The summed E-state index contributed by atoms with van der Waals surface area (Å²) in [5.74, 6) is 0.865. The molecule has 0 radical (unpaired) electrons. The van der Waals surface area contributed by atoms with Gasteiger partial charge in [-0.05, 0) is 35.8 Å². The molecule has 10 heteroatoms. The number of nitro benzene ring substituents is 1. The van der Waals surface area contributed by atoms with Gasteiger partial charge >= 0.3 is 0 Å². The van der Waals surface area contributed by atoms with Crippen molar-refractivity contribution < 1.29 is 9.66 Å². The molecule has 0 spiro atoms. The quantitative estimate of drug-likeness (QED) is 0.299. The Kier molecular flexibility index (Phi) is 7.59. The lowest BCUT2D eigenvalue weighted by Crippen LogP contribution is -2.20. The van der Waals surface area contributed by atoms with Crippen molar-refractivity contribution in [3.63, 3.8) is 0 Å². The highest BCUT2D eigenvalue weighted by atomic mass is 32.2. The standard InChI is InChI=1S/C21H23N5O3S2/c1-14(2)19-20(31-17-8-4-7-16(10-17)26(27)28)25(12-15-6-5-9-23-11-15)18(24-19)13-29-21(30)22-3/h4-11,14H,12-13H2,1-3H3,(H,22,30). The van der Waals surface area contributed by atoms with E-state index in [1.54, 1.807) is 31.6 Å². The lowest BCUT2D eigenvalue weighted by atomic mass is 10.1. The zero-order valence-electron chi connectivity index (χ0n) is 17.4. The van der Waals surface area contributed by atoms with Gasteiger partial charge in [-0.2, -0.15) is 0 Å². The van der Waals surface area contributed by atoms with Crippen LogP contribution in [0.4, 0.5) is 5.69 Å². The number of nitro groups is 1. The van der Waals surface area contributed by atoms with E-state index in [4.69, 9.17) is 21.9 Å². The zero-order valence-corrected chi connectivity index (χ0v) is 19.1. The number of non-ortho nitro benzene ring substituents is 1. The zero-order chi connectivity index (χ0) is 22.4. The van der Waals surface area contributed by atoms with Gasteiger partial charge in [-0.25, -0.2) is 4.98 Å². The summed E-state index contributed by atoms with van der Waals surface area (Å²) in [6, 6.07) is 10.5. The third-order valence-electron chi connectivity index (χ3n) is 4.42. The third kappa shape index (κ3) is 5.80. The van der Waals surface area contributed by atoms with Crippen LogP contribution in [0.3, 0.4) is 0 Å². The number of rotatable bonds is 8. The number of benzene rings is 1. The minimum Gasteiger partial charge on any atom is -0.463 e. The smallest absolute Gasteiger partial charge is 0.270 e. The molecule has 0 aliphatic carbocycles. The highest BCUT2D eigenvalue weighted by Gasteiger charge is 2.22. The number of hydrogen-bond donors (Lipinski definition) is 1. The molecule has 31 heavy (non-hydrogen) atoms. The average molecular weight is 458 g/mol. The summed E-state index contributed by atoms with van der Waals surface area (Å²) in [5.41, 5.74) is 1.96. The first-order valence-electron chi connectivity index (χ1n) is 9.64. The molecule has 0 fully saturated rings. The fraction of sp³-hybridized carbons (Fsp3) is 0.286. The summed E-state index contributed by atoms with van der Waals surface area (Å²) in [6.07, 6.45) is 3.53. The Morgan fingerprint density at radius 3 is 2.81 bits per heavy atom. The van der Waals surface area contributed by atoms with Gasteiger partial charge in [0.1, 0.15) is 17.5 Å². The van der Waals surface area contributed by atoms with Gasteiger partial charge in [-0.1, -0.05) is 37.7 Å². The molecule has 0 saturated carbocycles. The molecule has 1 aromatic carbocycles. The molecular formula is C21H23N5O3S2. The van der Waals surface area contributed by atoms with E-state index in [1.807, 2.05) is 18.2 Å². The van der Waals surface area contributed by atoms with Crippen LogP contribution in [0.5, 0.6) is 0 Å². The SMILES string of the molecule is CNC(=S)OCc1nc(C(C)C)c(Sc2cccc([N+](=O)[O-])c2)n1Cc1cccnc1. The molecule has 0 amide bonds. The van der Waals surface area contributed by atoms with Crippen molar-refractivity contribution in [1.29, 1.82) is 0 Å². The molecule has 0 unspecified atom stereocenters. The van der Waals surface area contributed by atoms with Gasteiger partial charge in [0.25, 0.3) is 10.9 Å². The van der Waals surface area contributed by atoms with Crippen molar-refractivity contribution in [3.05, 3.63) is 76.0 Å². The number of thiocarbonyl (C=S) groups is 1. The minimum absolute atomic E-state index is 0.0531. The van der Waals surface area contributed by atoms with E-state index in [-0.39, 0.29) is 23.4 Å². The molecule has 0 bridgehead atoms. The van der Waals surface area contributed by atoms with Crippen LogP contribution in [-0.2, 0) is 17.9 Å². The predicted octanol–water partition coefficient (Wildman–Crippen LogP) is 4.53. The molecule has 1 N–H and O–H groups in total. The first-order chi connectivity index (χ1) is 14.9. The number of imidazole rings is 1. The second kappa shape index (κ2) is 10.4. The molecule has 162 valence electrons. The summed E-state index contributed by atoms with van der Waals surface area (Å²) in [5, 5.41) is 15.2. The van der Waals surface area contributed by atoms with E-state index in [9.17, 15) is 10.1 Å². The number of pyridine rings is 1. The van der Waals surface area contributed by atoms with Crippen LogP contribution in [0.1, 0.15) is 36.8 Å². The Morgan fingerprint density at radius 2 is 2.16 bits per heavy atom. The van der Waals surface area contributed by atoms with Crippen LogP contribution in [0.25, 0.3) is 0 Å². The fourth-order valence-electron chi connectivity index (χ4n) is 2.91. The average Bonchev–Trinajstić information content (AvgIpc) is 3.10. The van der Waals surface area contributed by atoms with Crippen LogP contribution in [0, 0.1) is 10.1 Å². The first-order valence-corrected chi connectivity index (χ1v) is 10.9. The second-order valence-electron chi connectivity index (χ2n) is 7.00. The maximum absolute atomic E-state index is 11.2. The fourth-order valence-corrected chi connectivity index (χ4v) is 4.18. The molecule has 8 nitrogen and oxygen atoms in total. The van der Waals surface area contributed by atoms with Crippen molar-refractivity contribution in [2.45, 2.75) is 42.8 Å². The Labute approximate surface area is 190 Å². The van der Waals surface area contributed by atoms with Crippen LogP contribution >= 0.6 is 24.0 Å². The van der Waals surface area contributed by atoms with Gasteiger partial charge in [0.15, 0.2) is 0 Å². The van der Waals surface area contributed by atoms with Crippen molar-refractivity contribution in [2.24, 2.45) is 0 Å². The second-order valence-corrected chi connectivity index (χ2v) is 8.44. The van der Waals surface area contributed by atoms with Gasteiger partial charge in [-0.15, -0.1) is 0 Å². The molecule has 0 aliphatic rings. The van der Waals surface area contributed by atoms with Crippen molar-refractivity contribution in [3.8, 4) is 0 Å². The van der Waals surface area contributed by atoms with E-state index in [1.165, 1.54) is 17.8 Å². The van der Waals surface area contributed by atoms with E-state index in [0.29, 0.717) is 6.54 Å². The van der Waals surface area contributed by atoms with Gasteiger partial charge in [0, 0.05) is 36.5 Å². The summed E-state index contributed by atoms with van der Waals surface area (Å²) in [4.78, 5) is 20.6. The van der Waals surface area contributed by atoms with Crippen molar-refractivity contribution >= 4 is 34.8 Å².